The summed E-state index contributed by atoms with van der Waals surface area (Å²) in [6.07, 6.45) is 0. The second-order valence-electron chi connectivity index (χ2n) is 4.58. The molecule has 0 aliphatic rings. The highest BCUT2D eigenvalue weighted by atomic mass is 35.5. The molecular formula is C15H11Cl3FN3O2. The molecule has 2 rings (SSSR count). The average molecular weight is 391 g/mol. The number of hydrogen-bond acceptors (Lipinski definition) is 3. The molecule has 0 aromatic heterocycles. The van der Waals surface area contributed by atoms with Gasteiger partial charge in [-0.3, -0.25) is 20.4 Å². The molecule has 24 heavy (non-hydrogen) atoms. The lowest BCUT2D eigenvalue weighted by Crippen LogP contribution is -2.39. The number of benzene rings is 2. The van der Waals surface area contributed by atoms with Gasteiger partial charge >= 0.3 is 0 Å². The van der Waals surface area contributed by atoms with Crippen LogP contribution in [0.25, 0.3) is 0 Å². The molecule has 0 spiro atoms. The Morgan fingerprint density at radius 2 is 1.67 bits per heavy atom. The van der Waals surface area contributed by atoms with Gasteiger partial charge in [0.2, 0.25) is 0 Å². The lowest BCUT2D eigenvalue weighted by atomic mass is 10.2. The summed E-state index contributed by atoms with van der Waals surface area (Å²) < 4.78 is 13.4. The summed E-state index contributed by atoms with van der Waals surface area (Å²) in [7, 11) is 0. The molecule has 0 heterocycles. The van der Waals surface area contributed by atoms with Gasteiger partial charge in [-0.1, -0.05) is 46.9 Å². The minimum atomic E-state index is -0.703. The van der Waals surface area contributed by atoms with Crippen molar-refractivity contribution in [3.8, 4) is 0 Å². The third-order valence-corrected chi connectivity index (χ3v) is 3.68. The zero-order valence-corrected chi connectivity index (χ0v) is 14.3. The summed E-state index contributed by atoms with van der Waals surface area (Å²) in [6.45, 7) is -0.372. The molecule has 0 atom stereocenters. The van der Waals surface area contributed by atoms with Crippen LogP contribution in [-0.4, -0.2) is 18.4 Å². The van der Waals surface area contributed by atoms with Gasteiger partial charge in [-0.05, 0) is 24.3 Å². The van der Waals surface area contributed by atoms with Gasteiger partial charge in [-0.25, -0.2) is 4.39 Å². The Labute approximate surface area is 152 Å². The SMILES string of the molecule is O=C(CNC(=O)c1ccccc1F)NNc1c(Cl)cc(Cl)cc1Cl. The Kier molecular flexibility index (Phi) is 6.25. The van der Waals surface area contributed by atoms with Crippen LogP contribution in [-0.2, 0) is 4.79 Å². The number of carbonyl (C=O) groups excluding carboxylic acids is 2. The highest BCUT2D eigenvalue weighted by Gasteiger charge is 2.13. The Morgan fingerprint density at radius 3 is 2.29 bits per heavy atom. The standard InChI is InChI=1S/C15H11Cl3FN3O2/c16-8-5-10(17)14(11(18)6-8)22-21-13(23)7-20-15(24)9-3-1-2-4-12(9)19/h1-6,22H,7H2,(H,20,24)(H,21,23). The van der Waals surface area contributed by atoms with Crippen molar-refractivity contribution >= 4 is 52.3 Å². The molecule has 0 bridgehead atoms. The predicted octanol–water partition coefficient (Wildman–Crippen LogP) is 3.66. The first-order valence-electron chi connectivity index (χ1n) is 6.60. The van der Waals surface area contributed by atoms with Gasteiger partial charge in [0.25, 0.3) is 11.8 Å². The summed E-state index contributed by atoms with van der Waals surface area (Å²) >= 11 is 17.7. The summed E-state index contributed by atoms with van der Waals surface area (Å²) in [6, 6.07) is 8.34. The van der Waals surface area contributed by atoms with Gasteiger partial charge in [0, 0.05) is 5.02 Å². The fourth-order valence-electron chi connectivity index (χ4n) is 1.74. The smallest absolute Gasteiger partial charge is 0.257 e. The first-order valence-corrected chi connectivity index (χ1v) is 7.74. The van der Waals surface area contributed by atoms with E-state index in [1.807, 2.05) is 0 Å². The largest absolute Gasteiger partial charge is 0.343 e. The lowest BCUT2D eigenvalue weighted by molar-refractivity contribution is -0.119. The molecule has 5 nitrogen and oxygen atoms in total. The fourth-order valence-corrected chi connectivity index (χ4v) is 2.65. The summed E-state index contributed by atoms with van der Waals surface area (Å²) in [4.78, 5) is 23.5. The van der Waals surface area contributed by atoms with Gasteiger partial charge in [-0.15, -0.1) is 0 Å². The minimum Gasteiger partial charge on any atom is -0.343 e. The zero-order chi connectivity index (χ0) is 17.7. The lowest BCUT2D eigenvalue weighted by Gasteiger charge is -2.12. The number of hydrogen-bond donors (Lipinski definition) is 3. The molecule has 2 amide bonds. The van der Waals surface area contributed by atoms with Crippen LogP contribution in [0.5, 0.6) is 0 Å². The van der Waals surface area contributed by atoms with Gasteiger partial charge in [-0.2, -0.15) is 0 Å². The van der Waals surface area contributed by atoms with E-state index < -0.39 is 17.6 Å². The van der Waals surface area contributed by atoms with Crippen molar-refractivity contribution in [2.45, 2.75) is 0 Å². The normalized spacial score (nSPS) is 10.2. The molecule has 0 saturated carbocycles. The topological polar surface area (TPSA) is 70.2 Å². The maximum absolute atomic E-state index is 13.4. The molecule has 0 fully saturated rings. The number of carbonyl (C=O) groups is 2. The van der Waals surface area contributed by atoms with Crippen LogP contribution in [0.1, 0.15) is 10.4 Å². The number of rotatable bonds is 5. The molecule has 0 radical (unpaired) electrons. The van der Waals surface area contributed by atoms with Crippen molar-refractivity contribution in [1.29, 1.82) is 0 Å². The number of amides is 2. The molecule has 3 N–H and O–H groups in total. The third-order valence-electron chi connectivity index (χ3n) is 2.86. The van der Waals surface area contributed by atoms with E-state index >= 15 is 0 Å². The van der Waals surface area contributed by atoms with Crippen LogP contribution in [0.4, 0.5) is 10.1 Å². The van der Waals surface area contributed by atoms with Gasteiger partial charge in [0.05, 0.1) is 27.8 Å². The van der Waals surface area contributed by atoms with Gasteiger partial charge in [0.1, 0.15) is 5.82 Å². The van der Waals surface area contributed by atoms with E-state index in [4.69, 9.17) is 34.8 Å². The van der Waals surface area contributed by atoms with Gasteiger partial charge in [0.15, 0.2) is 0 Å². The first kappa shape index (κ1) is 18.3. The molecule has 2 aromatic carbocycles. The average Bonchev–Trinajstić information content (AvgIpc) is 2.52. The fraction of sp³-hybridized carbons (Fsp3) is 0.0667. The minimum absolute atomic E-state index is 0.151. The molecule has 126 valence electrons. The first-order chi connectivity index (χ1) is 11.4. The highest BCUT2D eigenvalue weighted by molar-refractivity contribution is 6.41. The van der Waals surface area contributed by atoms with Crippen LogP contribution in [0.15, 0.2) is 36.4 Å². The Morgan fingerprint density at radius 1 is 1.04 bits per heavy atom. The van der Waals surface area contributed by atoms with Crippen LogP contribution < -0.4 is 16.2 Å². The Balaban J connectivity index is 1.88. The van der Waals surface area contributed by atoms with E-state index in [0.717, 1.165) is 6.07 Å². The van der Waals surface area contributed by atoms with Crippen molar-refractivity contribution in [1.82, 2.24) is 10.7 Å². The van der Waals surface area contributed by atoms with E-state index in [0.29, 0.717) is 5.02 Å². The number of nitrogens with one attached hydrogen (secondary N) is 3. The van der Waals surface area contributed by atoms with Crippen LogP contribution in [0.3, 0.4) is 0 Å². The summed E-state index contributed by atoms with van der Waals surface area (Å²) in [5.41, 5.74) is 4.96. The molecule has 0 unspecified atom stereocenters. The van der Waals surface area contributed by atoms with E-state index in [-0.39, 0.29) is 27.8 Å². The number of hydrazine groups is 1. The Hall–Kier alpha value is -2.02. The van der Waals surface area contributed by atoms with E-state index in [1.54, 1.807) is 0 Å². The predicted molar refractivity (Wildman–Crippen MR) is 92.0 cm³/mol. The maximum Gasteiger partial charge on any atom is 0.257 e. The quantitative estimate of drug-likeness (QED) is 0.682. The van der Waals surface area contributed by atoms with E-state index in [1.165, 1.54) is 30.3 Å². The van der Waals surface area contributed by atoms with Crippen molar-refractivity contribution in [2.75, 3.05) is 12.0 Å². The molecular weight excluding hydrogens is 380 g/mol. The van der Waals surface area contributed by atoms with E-state index in [2.05, 4.69) is 16.2 Å². The maximum atomic E-state index is 13.4. The van der Waals surface area contributed by atoms with Crippen molar-refractivity contribution in [3.63, 3.8) is 0 Å². The monoisotopic (exact) mass is 389 g/mol. The molecule has 0 saturated heterocycles. The molecule has 2 aromatic rings. The number of anilines is 1. The Bertz CT molecular complexity index is 763. The second kappa shape index (κ2) is 8.19. The third kappa shape index (κ3) is 4.74. The number of halogens is 4. The van der Waals surface area contributed by atoms with Crippen LogP contribution in [0.2, 0.25) is 15.1 Å². The van der Waals surface area contributed by atoms with Crippen molar-refractivity contribution in [3.05, 3.63) is 62.8 Å². The molecule has 0 aliphatic heterocycles. The van der Waals surface area contributed by atoms with Crippen LogP contribution in [0, 0.1) is 5.82 Å². The zero-order valence-electron chi connectivity index (χ0n) is 12.0. The molecule has 0 aliphatic carbocycles. The van der Waals surface area contributed by atoms with E-state index in [9.17, 15) is 14.0 Å². The summed E-state index contributed by atoms with van der Waals surface area (Å²) in [5, 5.41) is 3.07. The second-order valence-corrected chi connectivity index (χ2v) is 5.83. The van der Waals surface area contributed by atoms with Crippen molar-refractivity contribution < 1.29 is 14.0 Å². The molecule has 9 heteroatoms. The highest BCUT2D eigenvalue weighted by Crippen LogP contribution is 2.32. The van der Waals surface area contributed by atoms with Gasteiger partial charge < -0.3 is 5.32 Å². The van der Waals surface area contributed by atoms with Crippen molar-refractivity contribution in [2.24, 2.45) is 0 Å². The van der Waals surface area contributed by atoms with Crippen LogP contribution >= 0.6 is 34.8 Å². The summed E-state index contributed by atoms with van der Waals surface area (Å²) in [5.74, 6) is -1.96.